The van der Waals surface area contributed by atoms with Crippen LogP contribution in [0, 0.1) is 5.41 Å². The number of halogens is 3. The van der Waals surface area contributed by atoms with E-state index in [1.165, 1.54) is 13.2 Å². The van der Waals surface area contributed by atoms with Crippen molar-refractivity contribution in [1.29, 1.82) is 0 Å². The summed E-state index contributed by atoms with van der Waals surface area (Å²) in [5.74, 6) is -0.0999. The summed E-state index contributed by atoms with van der Waals surface area (Å²) < 4.78 is 44.8. The van der Waals surface area contributed by atoms with Crippen molar-refractivity contribution in [3.05, 3.63) is 17.8 Å². The van der Waals surface area contributed by atoms with Crippen LogP contribution in [0.2, 0.25) is 0 Å². The average Bonchev–Trinajstić information content (AvgIpc) is 2.91. The van der Waals surface area contributed by atoms with Crippen LogP contribution in [0.1, 0.15) is 38.8 Å². The second-order valence-electron chi connectivity index (χ2n) is 6.70. The molecule has 1 N–H and O–H groups in total. The van der Waals surface area contributed by atoms with Crippen LogP contribution in [0.25, 0.3) is 11.4 Å². The second-order valence-corrected chi connectivity index (χ2v) is 6.70. The Bertz CT molecular complexity index is 670. The average molecular weight is 332 g/mol. The quantitative estimate of drug-likeness (QED) is 0.931. The van der Waals surface area contributed by atoms with E-state index in [0.29, 0.717) is 6.42 Å². The van der Waals surface area contributed by atoms with Crippen LogP contribution in [0.15, 0.2) is 10.7 Å². The van der Waals surface area contributed by atoms with Crippen molar-refractivity contribution < 1.29 is 22.8 Å². The molecule has 1 atom stereocenters. The number of aromatic nitrogens is 4. The van der Waals surface area contributed by atoms with Gasteiger partial charge >= 0.3 is 6.18 Å². The van der Waals surface area contributed by atoms with Gasteiger partial charge in [-0.2, -0.15) is 23.3 Å². The maximum atomic E-state index is 12.9. The van der Waals surface area contributed by atoms with Crippen LogP contribution >= 0.6 is 0 Å². The molecule has 2 rings (SSSR count). The lowest BCUT2D eigenvalue weighted by Gasteiger charge is -2.21. The first-order valence-corrected chi connectivity index (χ1v) is 7.07. The summed E-state index contributed by atoms with van der Waals surface area (Å²) in [6.45, 7) is 5.92. The third-order valence-corrected chi connectivity index (χ3v) is 3.06. The Morgan fingerprint density at radius 3 is 2.52 bits per heavy atom. The van der Waals surface area contributed by atoms with Crippen LogP contribution < -0.4 is 0 Å². The SMILES string of the molecule is Cn1cc(-c2noc(CC(O)CC(C)(C)C)n2)c(C(F)(F)F)n1. The number of rotatable bonds is 4. The number of alkyl halides is 3. The van der Waals surface area contributed by atoms with Gasteiger partial charge in [-0.25, -0.2) is 0 Å². The molecule has 0 saturated heterocycles. The topological polar surface area (TPSA) is 77.0 Å². The maximum Gasteiger partial charge on any atom is 0.435 e. The molecule has 128 valence electrons. The predicted molar refractivity (Wildman–Crippen MR) is 75.3 cm³/mol. The summed E-state index contributed by atoms with van der Waals surface area (Å²) in [6, 6.07) is 0. The fourth-order valence-electron chi connectivity index (χ4n) is 2.29. The Labute approximate surface area is 131 Å². The number of aliphatic hydroxyl groups is 1. The van der Waals surface area contributed by atoms with E-state index in [-0.39, 0.29) is 29.1 Å². The summed E-state index contributed by atoms with van der Waals surface area (Å²) in [6.07, 6.45) is -3.54. The van der Waals surface area contributed by atoms with Crippen molar-refractivity contribution in [3.8, 4) is 11.4 Å². The molecule has 0 aliphatic carbocycles. The molecule has 0 spiro atoms. The van der Waals surface area contributed by atoms with Gasteiger partial charge in [-0.1, -0.05) is 25.9 Å². The molecule has 2 aromatic rings. The van der Waals surface area contributed by atoms with Gasteiger partial charge in [0, 0.05) is 13.2 Å². The van der Waals surface area contributed by atoms with Crippen LogP contribution in [-0.2, 0) is 19.6 Å². The lowest BCUT2D eigenvalue weighted by atomic mass is 9.88. The van der Waals surface area contributed by atoms with E-state index < -0.39 is 18.0 Å². The summed E-state index contributed by atoms with van der Waals surface area (Å²) >= 11 is 0. The number of aliphatic hydroxyl groups excluding tert-OH is 1. The van der Waals surface area contributed by atoms with E-state index in [4.69, 9.17) is 4.52 Å². The molecule has 0 amide bonds. The molecule has 0 saturated carbocycles. The molecule has 0 aromatic carbocycles. The van der Waals surface area contributed by atoms with Gasteiger partial charge in [-0.05, 0) is 11.8 Å². The first-order chi connectivity index (χ1) is 10.5. The van der Waals surface area contributed by atoms with Gasteiger partial charge in [0.15, 0.2) is 5.69 Å². The Kier molecular flexibility index (Phi) is 4.52. The van der Waals surface area contributed by atoms with E-state index in [9.17, 15) is 18.3 Å². The summed E-state index contributed by atoms with van der Waals surface area (Å²) in [5.41, 5.74) is -1.40. The van der Waals surface area contributed by atoms with Gasteiger partial charge in [-0.3, -0.25) is 4.68 Å². The lowest BCUT2D eigenvalue weighted by molar-refractivity contribution is -0.141. The molecule has 9 heteroatoms. The normalized spacial score (nSPS) is 14.3. The molecule has 0 fully saturated rings. The first-order valence-electron chi connectivity index (χ1n) is 7.07. The predicted octanol–water partition coefficient (Wildman–Crippen LogP) is 2.83. The zero-order valence-electron chi connectivity index (χ0n) is 13.3. The van der Waals surface area contributed by atoms with Crippen LogP contribution in [0.5, 0.6) is 0 Å². The number of aryl methyl sites for hydroxylation is 1. The third-order valence-electron chi connectivity index (χ3n) is 3.06. The van der Waals surface area contributed by atoms with Crippen molar-refractivity contribution in [2.75, 3.05) is 0 Å². The molecule has 2 aromatic heterocycles. The largest absolute Gasteiger partial charge is 0.435 e. The highest BCUT2D eigenvalue weighted by Gasteiger charge is 2.38. The maximum absolute atomic E-state index is 12.9. The highest BCUT2D eigenvalue weighted by Crippen LogP contribution is 2.34. The number of nitrogens with zero attached hydrogens (tertiary/aromatic N) is 4. The summed E-state index contributed by atoms with van der Waals surface area (Å²) in [7, 11) is 1.38. The van der Waals surface area contributed by atoms with Crippen molar-refractivity contribution in [3.63, 3.8) is 0 Å². The Hall–Kier alpha value is -1.90. The standard InChI is InChI=1S/C14H19F3N4O2/c1-13(2,3)6-8(22)5-10-18-12(20-23-10)9-7-21(4)19-11(9)14(15,16)17/h7-8,22H,5-6H2,1-4H3. The molecule has 6 nitrogen and oxygen atoms in total. The number of hydrogen-bond acceptors (Lipinski definition) is 5. The molecule has 0 radical (unpaired) electrons. The molecule has 2 heterocycles. The monoisotopic (exact) mass is 332 g/mol. The molecule has 0 aliphatic heterocycles. The minimum atomic E-state index is -4.61. The molecular formula is C14H19F3N4O2. The van der Waals surface area contributed by atoms with E-state index in [2.05, 4.69) is 15.2 Å². The fraction of sp³-hybridized carbons (Fsp3) is 0.643. The summed E-state index contributed by atoms with van der Waals surface area (Å²) in [5, 5.41) is 17.0. The smallest absolute Gasteiger partial charge is 0.393 e. The van der Waals surface area contributed by atoms with E-state index in [1.807, 2.05) is 20.8 Å². The van der Waals surface area contributed by atoms with Crippen LogP contribution in [0.4, 0.5) is 13.2 Å². The van der Waals surface area contributed by atoms with Crippen molar-refractivity contribution in [1.82, 2.24) is 19.9 Å². The Morgan fingerprint density at radius 1 is 1.30 bits per heavy atom. The summed E-state index contributed by atoms with van der Waals surface area (Å²) in [4.78, 5) is 3.95. The Morgan fingerprint density at radius 2 is 1.96 bits per heavy atom. The highest BCUT2D eigenvalue weighted by molar-refractivity contribution is 5.57. The van der Waals surface area contributed by atoms with Crippen LogP contribution in [0.3, 0.4) is 0 Å². The Balaban J connectivity index is 2.20. The molecular weight excluding hydrogens is 313 g/mol. The minimum absolute atomic E-state index is 0.0882. The second kappa shape index (κ2) is 5.95. The van der Waals surface area contributed by atoms with Gasteiger partial charge in [0.05, 0.1) is 18.1 Å². The van der Waals surface area contributed by atoms with E-state index in [1.54, 1.807) is 0 Å². The highest BCUT2D eigenvalue weighted by atomic mass is 19.4. The first kappa shape index (κ1) is 17.5. The lowest BCUT2D eigenvalue weighted by Crippen LogP contribution is -2.19. The molecule has 0 aliphatic rings. The molecule has 1 unspecified atom stereocenters. The van der Waals surface area contributed by atoms with E-state index >= 15 is 0 Å². The molecule has 0 bridgehead atoms. The zero-order chi connectivity index (χ0) is 17.4. The van der Waals surface area contributed by atoms with Gasteiger partial charge in [0.2, 0.25) is 11.7 Å². The van der Waals surface area contributed by atoms with Crippen molar-refractivity contribution >= 4 is 0 Å². The van der Waals surface area contributed by atoms with Gasteiger partial charge in [0.1, 0.15) is 0 Å². The fourth-order valence-corrected chi connectivity index (χ4v) is 2.29. The van der Waals surface area contributed by atoms with E-state index in [0.717, 1.165) is 4.68 Å². The minimum Gasteiger partial charge on any atom is -0.393 e. The molecule has 23 heavy (non-hydrogen) atoms. The van der Waals surface area contributed by atoms with Gasteiger partial charge in [0.25, 0.3) is 0 Å². The third kappa shape index (κ3) is 4.54. The van der Waals surface area contributed by atoms with Crippen LogP contribution in [-0.4, -0.2) is 31.1 Å². The zero-order valence-corrected chi connectivity index (χ0v) is 13.3. The van der Waals surface area contributed by atoms with Crippen molar-refractivity contribution in [2.24, 2.45) is 12.5 Å². The van der Waals surface area contributed by atoms with Gasteiger partial charge < -0.3 is 9.63 Å². The number of hydrogen-bond donors (Lipinski definition) is 1. The van der Waals surface area contributed by atoms with Crippen molar-refractivity contribution in [2.45, 2.75) is 45.9 Å². The van der Waals surface area contributed by atoms with Gasteiger partial charge in [-0.15, -0.1) is 0 Å².